The number of carbonyl (C=O) groups excluding carboxylic acids is 3. The summed E-state index contributed by atoms with van der Waals surface area (Å²) < 4.78 is 0. The van der Waals surface area contributed by atoms with Crippen molar-refractivity contribution in [2.45, 2.75) is 17.8 Å². The molecule has 2 bridgehead atoms. The number of anilines is 1. The average molecular weight is 625 g/mol. The van der Waals surface area contributed by atoms with Gasteiger partial charge in [-0.25, -0.2) is 10.3 Å². The molecule has 8 rings (SSSR count). The van der Waals surface area contributed by atoms with Gasteiger partial charge in [-0.05, 0) is 46.0 Å². The Morgan fingerprint density at radius 3 is 2.18 bits per heavy atom. The van der Waals surface area contributed by atoms with E-state index in [-0.39, 0.29) is 34.6 Å². The number of amides is 3. The van der Waals surface area contributed by atoms with Crippen LogP contribution in [0.25, 0.3) is 0 Å². The highest BCUT2D eigenvalue weighted by Crippen LogP contribution is 2.63. The number of hydrogen-bond acceptors (Lipinski definition) is 6. The number of nitrogens with one attached hydrogen (secondary N) is 1. The van der Waals surface area contributed by atoms with Crippen molar-refractivity contribution in [2.24, 2.45) is 16.9 Å². The molecule has 44 heavy (non-hydrogen) atoms. The number of nitro groups is 1. The van der Waals surface area contributed by atoms with Crippen molar-refractivity contribution in [1.29, 1.82) is 0 Å². The molecule has 1 aliphatic heterocycles. The first-order valence-corrected chi connectivity index (χ1v) is 14.6. The van der Waals surface area contributed by atoms with E-state index in [1.165, 1.54) is 30.3 Å². The predicted molar refractivity (Wildman–Crippen MR) is 165 cm³/mol. The average Bonchev–Trinajstić information content (AvgIpc) is 3.28. The lowest BCUT2D eigenvalue weighted by molar-refractivity contribution is -0.384. The lowest BCUT2D eigenvalue weighted by Crippen LogP contribution is -2.54. The van der Waals surface area contributed by atoms with E-state index in [9.17, 15) is 24.5 Å². The van der Waals surface area contributed by atoms with Crippen molar-refractivity contribution in [2.75, 3.05) is 4.90 Å². The molecular weight excluding hydrogens is 603 g/mol. The van der Waals surface area contributed by atoms with Gasteiger partial charge in [0.25, 0.3) is 5.69 Å². The van der Waals surface area contributed by atoms with Crippen molar-refractivity contribution in [3.63, 3.8) is 0 Å². The number of halogens is 2. The zero-order chi connectivity index (χ0) is 30.7. The SMILES string of the molecule is O=C(Cc1ccc([N+](=O)[O-])cc1)N/N=C\C12c3ccccc3C(c3ccccc31)[C@H]1C(=O)N(c3ccc(Cl)cc3Cl)C(=O)[C@@H]12. The number of hydrogen-bond donors (Lipinski definition) is 1. The molecule has 0 spiro atoms. The summed E-state index contributed by atoms with van der Waals surface area (Å²) in [4.78, 5) is 53.2. The van der Waals surface area contributed by atoms with Gasteiger partial charge in [0, 0.05) is 29.3 Å². The van der Waals surface area contributed by atoms with E-state index in [0.717, 1.165) is 27.2 Å². The summed E-state index contributed by atoms with van der Waals surface area (Å²) in [6.07, 6.45) is 1.51. The lowest BCUT2D eigenvalue weighted by atomic mass is 9.47. The molecule has 0 saturated carbocycles. The summed E-state index contributed by atoms with van der Waals surface area (Å²) in [5.74, 6) is -3.18. The van der Waals surface area contributed by atoms with Crippen LogP contribution in [0, 0.1) is 22.0 Å². The van der Waals surface area contributed by atoms with Crippen LogP contribution in [0.2, 0.25) is 10.0 Å². The second-order valence-electron chi connectivity index (χ2n) is 11.0. The van der Waals surface area contributed by atoms with Gasteiger partial charge in [0.05, 0.1) is 39.3 Å². The maximum Gasteiger partial charge on any atom is 0.269 e. The molecule has 0 unspecified atom stereocenters. The lowest BCUT2D eigenvalue weighted by Gasteiger charge is -2.52. The molecule has 3 aliphatic carbocycles. The molecule has 9 nitrogen and oxygen atoms in total. The third-order valence-corrected chi connectivity index (χ3v) is 9.34. The third-order valence-electron chi connectivity index (χ3n) is 8.80. The summed E-state index contributed by atoms with van der Waals surface area (Å²) in [6, 6.07) is 25.7. The van der Waals surface area contributed by atoms with Crippen LogP contribution in [-0.2, 0) is 26.2 Å². The van der Waals surface area contributed by atoms with E-state index in [1.807, 2.05) is 48.5 Å². The smallest absolute Gasteiger partial charge is 0.269 e. The molecule has 4 aromatic carbocycles. The van der Waals surface area contributed by atoms with Gasteiger partial charge >= 0.3 is 0 Å². The topological polar surface area (TPSA) is 122 Å². The number of nitrogens with zero attached hydrogens (tertiary/aromatic N) is 3. The van der Waals surface area contributed by atoms with Crippen LogP contribution < -0.4 is 10.3 Å². The van der Waals surface area contributed by atoms with Crippen molar-refractivity contribution < 1.29 is 19.3 Å². The van der Waals surface area contributed by atoms with Crippen LogP contribution in [0.1, 0.15) is 33.7 Å². The van der Waals surface area contributed by atoms with Crippen LogP contribution in [-0.4, -0.2) is 28.9 Å². The highest BCUT2D eigenvalue weighted by atomic mass is 35.5. The Hall–Kier alpha value is -4.86. The van der Waals surface area contributed by atoms with Gasteiger partial charge in [0.15, 0.2) is 0 Å². The highest BCUT2D eigenvalue weighted by Gasteiger charge is 2.68. The molecule has 1 fully saturated rings. The molecule has 0 radical (unpaired) electrons. The fourth-order valence-corrected chi connectivity index (χ4v) is 7.61. The Balaban J connectivity index is 1.31. The Labute approximate surface area is 261 Å². The number of rotatable bonds is 6. The Morgan fingerprint density at radius 2 is 1.57 bits per heavy atom. The van der Waals surface area contributed by atoms with E-state index in [2.05, 4.69) is 10.5 Å². The van der Waals surface area contributed by atoms with Gasteiger partial charge in [-0.3, -0.25) is 24.5 Å². The number of imide groups is 1. The monoisotopic (exact) mass is 624 g/mol. The minimum absolute atomic E-state index is 0.0656. The first-order chi connectivity index (χ1) is 21.2. The van der Waals surface area contributed by atoms with Crippen LogP contribution in [0.15, 0.2) is 96.1 Å². The van der Waals surface area contributed by atoms with Gasteiger partial charge in [0.2, 0.25) is 17.7 Å². The summed E-state index contributed by atoms with van der Waals surface area (Å²) in [5, 5.41) is 15.9. The Kier molecular flexibility index (Phi) is 6.60. The summed E-state index contributed by atoms with van der Waals surface area (Å²) in [5.41, 5.74) is 5.66. The van der Waals surface area contributed by atoms with Crippen LogP contribution in [0.3, 0.4) is 0 Å². The van der Waals surface area contributed by atoms with E-state index in [4.69, 9.17) is 23.2 Å². The molecule has 1 saturated heterocycles. The van der Waals surface area contributed by atoms with E-state index >= 15 is 0 Å². The third kappa shape index (κ3) is 4.07. The van der Waals surface area contributed by atoms with Gasteiger partial charge in [-0.1, -0.05) is 83.9 Å². The van der Waals surface area contributed by atoms with Crippen LogP contribution >= 0.6 is 23.2 Å². The molecular formula is C33H22Cl2N4O5. The van der Waals surface area contributed by atoms with Gasteiger partial charge in [-0.2, -0.15) is 5.10 Å². The standard InChI is InChI=1S/C33H22Cl2N4O5/c34-19-11-14-26(25(35)16-19)38-31(41)29-28-21-5-1-3-7-23(21)33(30(29)32(38)42,24-8-4-2-6-22(24)28)17-36-37-27(40)15-18-9-12-20(13-10-18)39(43)44/h1-14,16-17,28-30H,15H2,(H,37,40)/b36-17-/t28?,29-,30-,33?/m1/s1. The minimum atomic E-state index is -1.17. The molecule has 4 aliphatic rings. The molecule has 4 aromatic rings. The van der Waals surface area contributed by atoms with Gasteiger partial charge in [0.1, 0.15) is 0 Å². The molecule has 2 atom stereocenters. The van der Waals surface area contributed by atoms with Crippen molar-refractivity contribution in [3.05, 3.63) is 139 Å². The summed E-state index contributed by atoms with van der Waals surface area (Å²) in [7, 11) is 0. The minimum Gasteiger partial charge on any atom is -0.274 e. The zero-order valence-electron chi connectivity index (χ0n) is 22.8. The number of nitro benzene ring substituents is 1. The van der Waals surface area contributed by atoms with E-state index in [1.54, 1.807) is 18.3 Å². The normalized spacial score (nSPS) is 23.0. The van der Waals surface area contributed by atoms with Gasteiger partial charge < -0.3 is 0 Å². The first-order valence-electron chi connectivity index (χ1n) is 13.8. The summed E-state index contributed by atoms with van der Waals surface area (Å²) in [6.45, 7) is 0. The fraction of sp³-hybridized carbons (Fsp3) is 0.152. The van der Waals surface area contributed by atoms with Crippen molar-refractivity contribution in [3.8, 4) is 0 Å². The van der Waals surface area contributed by atoms with E-state index in [0.29, 0.717) is 10.6 Å². The molecule has 218 valence electrons. The predicted octanol–water partition coefficient (Wildman–Crippen LogP) is 5.80. The Morgan fingerprint density at radius 1 is 0.932 bits per heavy atom. The molecule has 1 heterocycles. The van der Waals surface area contributed by atoms with Gasteiger partial charge in [-0.15, -0.1) is 0 Å². The van der Waals surface area contributed by atoms with E-state index < -0.39 is 34.0 Å². The second-order valence-corrected chi connectivity index (χ2v) is 11.9. The molecule has 11 heteroatoms. The maximum absolute atomic E-state index is 14.4. The molecule has 1 N–H and O–H groups in total. The number of benzene rings is 4. The number of non-ortho nitro benzene ring substituents is 1. The summed E-state index contributed by atoms with van der Waals surface area (Å²) >= 11 is 12.6. The zero-order valence-corrected chi connectivity index (χ0v) is 24.3. The molecule has 0 aromatic heterocycles. The van der Waals surface area contributed by atoms with Crippen LogP contribution in [0.5, 0.6) is 0 Å². The second kappa shape index (κ2) is 10.4. The molecule has 3 amide bonds. The number of carbonyl (C=O) groups is 3. The maximum atomic E-state index is 14.4. The quantitative estimate of drug-likeness (QED) is 0.126. The largest absolute Gasteiger partial charge is 0.274 e. The van der Waals surface area contributed by atoms with Crippen molar-refractivity contribution in [1.82, 2.24) is 5.43 Å². The van der Waals surface area contributed by atoms with Crippen molar-refractivity contribution >= 4 is 58.5 Å². The van der Waals surface area contributed by atoms with Crippen LogP contribution in [0.4, 0.5) is 11.4 Å². The number of hydrazone groups is 1. The Bertz CT molecular complexity index is 1880. The highest BCUT2D eigenvalue weighted by molar-refractivity contribution is 6.38. The first kappa shape index (κ1) is 27.9. The fourth-order valence-electron chi connectivity index (χ4n) is 7.12.